The van der Waals surface area contributed by atoms with Crippen LogP contribution in [0.2, 0.25) is 0 Å². The molecule has 0 bridgehead atoms. The number of hydrogen-bond donors (Lipinski definition) is 1. The average Bonchev–Trinajstić information content (AvgIpc) is 2.47. The van der Waals surface area contributed by atoms with Crippen LogP contribution in [0.25, 0.3) is 0 Å². The molecule has 0 amide bonds. The van der Waals surface area contributed by atoms with Gasteiger partial charge in [-0.05, 0) is 0 Å². The van der Waals surface area contributed by atoms with E-state index in [0.29, 0.717) is 18.5 Å². The standard InChI is InChI=1S/C16H27N3O2/c1-11(2)16-18-10-15(14(19-16)9-17-12(3)4)21-13-5-7-20-8-6-13/h10-13,17H,5-9H2,1-4H3. The molecule has 5 heteroatoms. The average molecular weight is 293 g/mol. The molecule has 1 aliphatic heterocycles. The molecule has 118 valence electrons. The van der Waals surface area contributed by atoms with Crippen LogP contribution < -0.4 is 10.1 Å². The minimum Gasteiger partial charge on any atom is -0.487 e. The highest BCUT2D eigenvalue weighted by molar-refractivity contribution is 5.26. The van der Waals surface area contributed by atoms with Crippen molar-refractivity contribution in [3.05, 3.63) is 17.7 Å². The Balaban J connectivity index is 2.12. The van der Waals surface area contributed by atoms with Gasteiger partial charge in [-0.15, -0.1) is 0 Å². The van der Waals surface area contributed by atoms with E-state index >= 15 is 0 Å². The second-order valence-electron chi connectivity index (χ2n) is 6.16. The van der Waals surface area contributed by atoms with Gasteiger partial charge in [0.1, 0.15) is 11.9 Å². The van der Waals surface area contributed by atoms with Crippen LogP contribution >= 0.6 is 0 Å². The lowest BCUT2D eigenvalue weighted by Gasteiger charge is -2.24. The second-order valence-corrected chi connectivity index (χ2v) is 6.16. The molecule has 1 aromatic rings. The molecule has 1 aromatic heterocycles. The molecule has 0 atom stereocenters. The van der Waals surface area contributed by atoms with Crippen molar-refractivity contribution in [2.24, 2.45) is 0 Å². The number of ether oxygens (including phenoxy) is 2. The first-order valence-electron chi connectivity index (χ1n) is 7.90. The fraction of sp³-hybridized carbons (Fsp3) is 0.750. The molecule has 1 aliphatic rings. The molecule has 0 saturated carbocycles. The molecule has 0 unspecified atom stereocenters. The molecule has 21 heavy (non-hydrogen) atoms. The van der Waals surface area contributed by atoms with Crippen molar-refractivity contribution in [3.8, 4) is 5.75 Å². The van der Waals surface area contributed by atoms with Crippen molar-refractivity contribution in [3.63, 3.8) is 0 Å². The predicted molar refractivity (Wildman–Crippen MR) is 82.6 cm³/mol. The first kappa shape index (κ1) is 16.2. The molecule has 0 spiro atoms. The lowest BCUT2D eigenvalue weighted by atomic mass is 10.1. The van der Waals surface area contributed by atoms with Gasteiger partial charge in [0.25, 0.3) is 0 Å². The highest BCUT2D eigenvalue weighted by atomic mass is 16.5. The quantitative estimate of drug-likeness (QED) is 0.874. The van der Waals surface area contributed by atoms with Gasteiger partial charge >= 0.3 is 0 Å². The summed E-state index contributed by atoms with van der Waals surface area (Å²) in [5.41, 5.74) is 0.953. The molecule has 0 radical (unpaired) electrons. The third kappa shape index (κ3) is 4.93. The molecule has 2 heterocycles. The fourth-order valence-corrected chi connectivity index (χ4v) is 2.20. The van der Waals surface area contributed by atoms with Gasteiger partial charge in [-0.2, -0.15) is 0 Å². The zero-order chi connectivity index (χ0) is 15.2. The molecule has 0 aromatic carbocycles. The minimum absolute atomic E-state index is 0.213. The van der Waals surface area contributed by atoms with Gasteiger partial charge in [0.05, 0.1) is 25.1 Å². The second kappa shape index (κ2) is 7.71. The summed E-state index contributed by atoms with van der Waals surface area (Å²) >= 11 is 0. The van der Waals surface area contributed by atoms with Crippen LogP contribution in [0.3, 0.4) is 0 Å². The molecular formula is C16H27N3O2. The Hall–Kier alpha value is -1.20. The van der Waals surface area contributed by atoms with Crippen molar-refractivity contribution in [2.45, 2.75) is 65.1 Å². The summed E-state index contributed by atoms with van der Waals surface area (Å²) in [6.45, 7) is 10.7. The molecule has 5 nitrogen and oxygen atoms in total. The van der Waals surface area contributed by atoms with E-state index in [4.69, 9.17) is 9.47 Å². The summed E-state index contributed by atoms with van der Waals surface area (Å²) < 4.78 is 11.5. The highest BCUT2D eigenvalue weighted by Crippen LogP contribution is 2.22. The normalized spacial score (nSPS) is 16.7. The SMILES string of the molecule is CC(C)NCc1nc(C(C)C)ncc1OC1CCOCC1. The molecule has 1 saturated heterocycles. The molecule has 0 aliphatic carbocycles. The predicted octanol–water partition coefficient (Wildman–Crippen LogP) is 2.66. The zero-order valence-electron chi connectivity index (χ0n) is 13.6. The summed E-state index contributed by atoms with van der Waals surface area (Å²) in [4.78, 5) is 9.12. The zero-order valence-corrected chi connectivity index (χ0v) is 13.6. The Morgan fingerprint density at radius 3 is 2.62 bits per heavy atom. The lowest BCUT2D eigenvalue weighted by molar-refractivity contribution is 0.0247. The van der Waals surface area contributed by atoms with Crippen molar-refractivity contribution >= 4 is 0 Å². The van der Waals surface area contributed by atoms with Gasteiger partial charge < -0.3 is 14.8 Å². The number of nitrogens with one attached hydrogen (secondary N) is 1. The molecular weight excluding hydrogens is 266 g/mol. The topological polar surface area (TPSA) is 56.3 Å². The number of rotatable bonds is 6. The summed E-state index contributed by atoms with van der Waals surface area (Å²) in [5.74, 6) is 1.99. The molecule has 1 N–H and O–H groups in total. The van der Waals surface area contributed by atoms with E-state index in [1.54, 1.807) is 0 Å². The summed E-state index contributed by atoms with van der Waals surface area (Å²) in [7, 11) is 0. The monoisotopic (exact) mass is 293 g/mol. The highest BCUT2D eigenvalue weighted by Gasteiger charge is 2.18. The van der Waals surface area contributed by atoms with Crippen LogP contribution in [0, 0.1) is 0 Å². The maximum atomic E-state index is 6.11. The van der Waals surface area contributed by atoms with E-state index in [1.807, 2.05) is 6.20 Å². The Labute approximate surface area is 127 Å². The van der Waals surface area contributed by atoms with Crippen LogP contribution in [-0.2, 0) is 11.3 Å². The molecule has 2 rings (SSSR count). The van der Waals surface area contributed by atoms with Crippen LogP contribution in [0.4, 0.5) is 0 Å². The first-order chi connectivity index (χ1) is 10.1. The summed E-state index contributed by atoms with van der Waals surface area (Å²) in [6, 6.07) is 0.415. The maximum absolute atomic E-state index is 6.11. The van der Waals surface area contributed by atoms with Gasteiger partial charge in [0, 0.05) is 31.3 Å². The van der Waals surface area contributed by atoms with E-state index in [9.17, 15) is 0 Å². The van der Waals surface area contributed by atoms with Gasteiger partial charge in [0.15, 0.2) is 5.75 Å². The summed E-state index contributed by atoms with van der Waals surface area (Å²) in [6.07, 6.45) is 3.91. The Morgan fingerprint density at radius 2 is 2.00 bits per heavy atom. The van der Waals surface area contributed by atoms with Crippen LogP contribution in [-0.4, -0.2) is 35.3 Å². The third-order valence-electron chi connectivity index (χ3n) is 3.50. The van der Waals surface area contributed by atoms with Crippen molar-refractivity contribution < 1.29 is 9.47 Å². The van der Waals surface area contributed by atoms with E-state index in [1.165, 1.54) is 0 Å². The summed E-state index contributed by atoms with van der Waals surface area (Å²) in [5, 5.41) is 3.41. The van der Waals surface area contributed by atoms with Crippen molar-refractivity contribution in [1.29, 1.82) is 0 Å². The van der Waals surface area contributed by atoms with Gasteiger partial charge in [-0.25, -0.2) is 9.97 Å². The third-order valence-corrected chi connectivity index (χ3v) is 3.50. The van der Waals surface area contributed by atoms with Gasteiger partial charge in [-0.1, -0.05) is 27.7 Å². The van der Waals surface area contributed by atoms with Gasteiger partial charge in [0.2, 0.25) is 0 Å². The Bertz CT molecular complexity index is 443. The fourth-order valence-electron chi connectivity index (χ4n) is 2.20. The lowest BCUT2D eigenvalue weighted by Crippen LogP contribution is -2.28. The number of hydrogen-bond acceptors (Lipinski definition) is 5. The molecule has 1 fully saturated rings. The van der Waals surface area contributed by atoms with Gasteiger partial charge in [-0.3, -0.25) is 0 Å². The van der Waals surface area contributed by atoms with E-state index in [2.05, 4.69) is 43.0 Å². The van der Waals surface area contributed by atoms with E-state index < -0.39 is 0 Å². The van der Waals surface area contributed by atoms with Crippen LogP contribution in [0.5, 0.6) is 5.75 Å². The first-order valence-corrected chi connectivity index (χ1v) is 7.90. The van der Waals surface area contributed by atoms with E-state index in [0.717, 1.165) is 43.3 Å². The number of aromatic nitrogens is 2. The Kier molecular flexibility index (Phi) is 5.94. The van der Waals surface area contributed by atoms with Crippen molar-refractivity contribution in [2.75, 3.05) is 13.2 Å². The maximum Gasteiger partial charge on any atom is 0.160 e. The smallest absolute Gasteiger partial charge is 0.160 e. The van der Waals surface area contributed by atoms with Crippen molar-refractivity contribution in [1.82, 2.24) is 15.3 Å². The minimum atomic E-state index is 0.213. The Morgan fingerprint density at radius 1 is 1.29 bits per heavy atom. The van der Waals surface area contributed by atoms with E-state index in [-0.39, 0.29) is 6.10 Å². The largest absolute Gasteiger partial charge is 0.487 e. The van der Waals surface area contributed by atoms with Crippen LogP contribution in [0.15, 0.2) is 6.20 Å². The number of nitrogens with zero attached hydrogens (tertiary/aromatic N) is 2. The van der Waals surface area contributed by atoms with Crippen LogP contribution in [0.1, 0.15) is 58.0 Å².